The second-order valence-electron chi connectivity index (χ2n) is 6.50. The van der Waals surface area contributed by atoms with Crippen LogP contribution in [0.1, 0.15) is 29.8 Å². The maximum absolute atomic E-state index is 12.7. The monoisotopic (exact) mass is 353 g/mol. The maximum atomic E-state index is 12.7. The summed E-state index contributed by atoms with van der Waals surface area (Å²) in [5, 5.41) is 0. The highest BCUT2D eigenvalue weighted by Gasteiger charge is 2.22. The first-order valence-corrected chi connectivity index (χ1v) is 9.33. The lowest BCUT2D eigenvalue weighted by molar-refractivity contribution is 0.0627. The first-order valence-electron chi connectivity index (χ1n) is 9.33. The molecule has 0 spiro atoms. The molecule has 2 heterocycles. The smallest absolute Gasteiger partial charge is 0.257 e. The van der Waals surface area contributed by atoms with Crippen LogP contribution >= 0.6 is 0 Å². The number of rotatable bonds is 6. The Balaban J connectivity index is 1.55. The van der Waals surface area contributed by atoms with Crippen LogP contribution in [0.15, 0.2) is 42.7 Å². The standard InChI is InChI=1S/C20H27N5O/c1-3-24(4-2)20-21-14-18(15-22-20)19(26)25-12-10-23(11-13-25)16-17-8-6-5-7-9-17/h5-9,14-15H,3-4,10-13,16H2,1-2H3. The predicted octanol–water partition coefficient (Wildman–Crippen LogP) is 2.28. The first-order chi connectivity index (χ1) is 12.7. The molecule has 0 aliphatic carbocycles. The average molecular weight is 353 g/mol. The molecule has 0 radical (unpaired) electrons. The van der Waals surface area contributed by atoms with Crippen LogP contribution in [-0.4, -0.2) is 64.9 Å². The molecule has 138 valence electrons. The van der Waals surface area contributed by atoms with Crippen molar-refractivity contribution in [3.8, 4) is 0 Å². The Hall–Kier alpha value is -2.47. The molecule has 1 aromatic heterocycles. The van der Waals surface area contributed by atoms with Gasteiger partial charge in [-0.15, -0.1) is 0 Å². The zero-order valence-electron chi connectivity index (χ0n) is 15.6. The second kappa shape index (κ2) is 8.76. The van der Waals surface area contributed by atoms with Crippen LogP contribution in [0.3, 0.4) is 0 Å². The number of hydrogen-bond acceptors (Lipinski definition) is 5. The van der Waals surface area contributed by atoms with E-state index in [0.29, 0.717) is 11.5 Å². The highest BCUT2D eigenvalue weighted by molar-refractivity contribution is 5.93. The number of aromatic nitrogens is 2. The van der Waals surface area contributed by atoms with E-state index in [1.807, 2.05) is 11.0 Å². The van der Waals surface area contributed by atoms with Crippen LogP contribution in [0, 0.1) is 0 Å². The summed E-state index contributed by atoms with van der Waals surface area (Å²) in [6.07, 6.45) is 3.30. The Morgan fingerprint density at radius 2 is 1.62 bits per heavy atom. The van der Waals surface area contributed by atoms with Crippen LogP contribution in [0.4, 0.5) is 5.95 Å². The summed E-state index contributed by atoms with van der Waals surface area (Å²) >= 11 is 0. The number of piperazine rings is 1. The summed E-state index contributed by atoms with van der Waals surface area (Å²) in [7, 11) is 0. The van der Waals surface area contributed by atoms with Gasteiger partial charge < -0.3 is 9.80 Å². The number of nitrogens with zero attached hydrogens (tertiary/aromatic N) is 5. The van der Waals surface area contributed by atoms with Crippen molar-refractivity contribution < 1.29 is 4.79 Å². The fourth-order valence-corrected chi connectivity index (χ4v) is 3.23. The van der Waals surface area contributed by atoms with E-state index in [0.717, 1.165) is 45.8 Å². The van der Waals surface area contributed by atoms with Crippen LogP contribution < -0.4 is 4.90 Å². The number of carbonyl (C=O) groups excluding carboxylic acids is 1. The van der Waals surface area contributed by atoms with Crippen LogP contribution in [0.2, 0.25) is 0 Å². The Kier molecular flexibility index (Phi) is 6.17. The van der Waals surface area contributed by atoms with Gasteiger partial charge in [0.1, 0.15) is 0 Å². The fraction of sp³-hybridized carbons (Fsp3) is 0.450. The number of anilines is 1. The molecular weight excluding hydrogens is 326 g/mol. The summed E-state index contributed by atoms with van der Waals surface area (Å²) in [6.45, 7) is 10.0. The molecule has 6 nitrogen and oxygen atoms in total. The van der Waals surface area contributed by atoms with Crippen molar-refractivity contribution in [1.82, 2.24) is 19.8 Å². The molecule has 1 aliphatic heterocycles. The van der Waals surface area contributed by atoms with Gasteiger partial charge in [-0.2, -0.15) is 0 Å². The maximum Gasteiger partial charge on any atom is 0.257 e. The number of amides is 1. The van der Waals surface area contributed by atoms with Gasteiger partial charge in [0.05, 0.1) is 5.56 Å². The molecule has 1 saturated heterocycles. The van der Waals surface area contributed by atoms with Crippen molar-refractivity contribution in [3.05, 3.63) is 53.9 Å². The molecule has 26 heavy (non-hydrogen) atoms. The van der Waals surface area contributed by atoms with Crippen molar-refractivity contribution in [2.75, 3.05) is 44.2 Å². The molecule has 1 aliphatic rings. The molecule has 0 unspecified atom stereocenters. The van der Waals surface area contributed by atoms with E-state index in [-0.39, 0.29) is 5.91 Å². The second-order valence-corrected chi connectivity index (χ2v) is 6.50. The SMILES string of the molecule is CCN(CC)c1ncc(C(=O)N2CCN(Cc3ccccc3)CC2)cn1. The number of carbonyl (C=O) groups is 1. The minimum atomic E-state index is 0.0236. The van der Waals surface area contributed by atoms with Crippen molar-refractivity contribution in [2.45, 2.75) is 20.4 Å². The summed E-state index contributed by atoms with van der Waals surface area (Å²) in [4.78, 5) is 27.8. The minimum absolute atomic E-state index is 0.0236. The lowest BCUT2D eigenvalue weighted by Gasteiger charge is -2.34. The van der Waals surface area contributed by atoms with Crippen LogP contribution in [-0.2, 0) is 6.54 Å². The molecule has 3 rings (SSSR count). The fourth-order valence-electron chi connectivity index (χ4n) is 3.23. The zero-order valence-corrected chi connectivity index (χ0v) is 15.6. The Labute approximate surface area is 155 Å². The van der Waals surface area contributed by atoms with E-state index in [4.69, 9.17) is 0 Å². The Bertz CT molecular complexity index is 692. The third-order valence-electron chi connectivity index (χ3n) is 4.84. The van der Waals surface area contributed by atoms with Gasteiger partial charge in [-0.05, 0) is 19.4 Å². The van der Waals surface area contributed by atoms with Crippen molar-refractivity contribution >= 4 is 11.9 Å². The van der Waals surface area contributed by atoms with E-state index in [1.54, 1.807) is 12.4 Å². The molecule has 0 bridgehead atoms. The van der Waals surface area contributed by atoms with Crippen LogP contribution in [0.5, 0.6) is 0 Å². The average Bonchev–Trinajstić information content (AvgIpc) is 2.70. The molecule has 1 aromatic carbocycles. The predicted molar refractivity (Wildman–Crippen MR) is 103 cm³/mol. The zero-order chi connectivity index (χ0) is 18.4. The molecule has 2 aromatic rings. The third kappa shape index (κ3) is 4.38. The largest absolute Gasteiger partial charge is 0.341 e. The van der Waals surface area contributed by atoms with Gasteiger partial charge in [0.25, 0.3) is 5.91 Å². The lowest BCUT2D eigenvalue weighted by Crippen LogP contribution is -2.48. The van der Waals surface area contributed by atoms with E-state index >= 15 is 0 Å². The van der Waals surface area contributed by atoms with Crippen molar-refractivity contribution in [3.63, 3.8) is 0 Å². The van der Waals surface area contributed by atoms with E-state index in [9.17, 15) is 4.79 Å². The van der Waals surface area contributed by atoms with Gasteiger partial charge in [0, 0.05) is 58.2 Å². The van der Waals surface area contributed by atoms with E-state index < -0.39 is 0 Å². The normalized spacial score (nSPS) is 15.1. The molecule has 1 fully saturated rings. The first kappa shape index (κ1) is 18.3. The van der Waals surface area contributed by atoms with Gasteiger partial charge in [-0.25, -0.2) is 9.97 Å². The van der Waals surface area contributed by atoms with Gasteiger partial charge in [-0.1, -0.05) is 30.3 Å². The van der Waals surface area contributed by atoms with Gasteiger partial charge >= 0.3 is 0 Å². The van der Waals surface area contributed by atoms with Crippen molar-refractivity contribution in [2.24, 2.45) is 0 Å². The van der Waals surface area contributed by atoms with Gasteiger partial charge in [-0.3, -0.25) is 9.69 Å². The quantitative estimate of drug-likeness (QED) is 0.797. The highest BCUT2D eigenvalue weighted by Crippen LogP contribution is 2.12. The Morgan fingerprint density at radius 3 is 2.19 bits per heavy atom. The van der Waals surface area contributed by atoms with E-state index in [2.05, 4.69) is 57.9 Å². The lowest BCUT2D eigenvalue weighted by atomic mass is 10.2. The molecule has 1 amide bonds. The molecule has 6 heteroatoms. The number of hydrogen-bond donors (Lipinski definition) is 0. The molecule has 0 atom stereocenters. The van der Waals surface area contributed by atoms with Crippen molar-refractivity contribution in [1.29, 1.82) is 0 Å². The topological polar surface area (TPSA) is 52.6 Å². The number of benzene rings is 1. The van der Waals surface area contributed by atoms with Gasteiger partial charge in [0.2, 0.25) is 5.95 Å². The summed E-state index contributed by atoms with van der Waals surface area (Å²) in [6, 6.07) is 10.5. The molecule has 0 N–H and O–H groups in total. The summed E-state index contributed by atoms with van der Waals surface area (Å²) < 4.78 is 0. The molecular formula is C20H27N5O. The highest BCUT2D eigenvalue weighted by atomic mass is 16.2. The summed E-state index contributed by atoms with van der Waals surface area (Å²) in [5.74, 6) is 0.703. The minimum Gasteiger partial charge on any atom is -0.341 e. The molecule has 0 saturated carbocycles. The Morgan fingerprint density at radius 1 is 1.00 bits per heavy atom. The summed E-state index contributed by atoms with van der Waals surface area (Å²) in [5.41, 5.74) is 1.88. The van der Waals surface area contributed by atoms with Crippen LogP contribution in [0.25, 0.3) is 0 Å². The van der Waals surface area contributed by atoms with Gasteiger partial charge in [0.15, 0.2) is 0 Å². The van der Waals surface area contributed by atoms with E-state index in [1.165, 1.54) is 5.56 Å². The third-order valence-corrected chi connectivity index (χ3v) is 4.84.